The van der Waals surface area contributed by atoms with E-state index in [4.69, 9.17) is 4.74 Å². The zero-order valence-electron chi connectivity index (χ0n) is 16.7. The highest BCUT2D eigenvalue weighted by molar-refractivity contribution is 5.99. The van der Waals surface area contributed by atoms with Crippen molar-refractivity contribution in [2.24, 2.45) is 0 Å². The molecule has 30 heavy (non-hydrogen) atoms. The van der Waals surface area contributed by atoms with Crippen molar-refractivity contribution >= 4 is 17.8 Å². The molecule has 1 heterocycles. The van der Waals surface area contributed by atoms with Crippen molar-refractivity contribution in [3.63, 3.8) is 0 Å². The molecule has 1 aliphatic carbocycles. The first-order chi connectivity index (χ1) is 14.7. The predicted molar refractivity (Wildman–Crippen MR) is 113 cm³/mol. The van der Waals surface area contributed by atoms with Gasteiger partial charge in [-0.1, -0.05) is 47.7 Å². The summed E-state index contributed by atoms with van der Waals surface area (Å²) < 4.78 is 6.79. The molecule has 152 valence electrons. The van der Waals surface area contributed by atoms with Crippen LogP contribution >= 0.6 is 0 Å². The predicted octanol–water partition coefficient (Wildman–Crippen LogP) is 3.64. The van der Waals surface area contributed by atoms with E-state index in [1.165, 1.54) is 29.7 Å². The molecule has 2 aromatic carbocycles. The standard InChI is InChI=1S/C24H23N3O3/c28-23(21-11-10-19-8-4-5-9-20(19)14-21)17-30-24(29)13-12-22-16-27(26-25-22)15-18-6-2-1-3-7-18/h1-3,6-7,10-14,16H,4-5,8-9,15,17H2/b13-12+. The van der Waals surface area contributed by atoms with Gasteiger partial charge in [0, 0.05) is 11.6 Å². The van der Waals surface area contributed by atoms with E-state index in [-0.39, 0.29) is 12.4 Å². The van der Waals surface area contributed by atoms with E-state index in [0.717, 1.165) is 24.8 Å². The van der Waals surface area contributed by atoms with Gasteiger partial charge in [0.25, 0.3) is 0 Å². The van der Waals surface area contributed by atoms with Crippen LogP contribution in [0.3, 0.4) is 0 Å². The van der Waals surface area contributed by atoms with Gasteiger partial charge in [-0.3, -0.25) is 4.79 Å². The molecule has 0 radical (unpaired) electrons. The highest BCUT2D eigenvalue weighted by Gasteiger charge is 2.14. The number of aromatic nitrogens is 3. The number of aryl methyl sites for hydroxylation is 2. The third-order valence-corrected chi connectivity index (χ3v) is 5.15. The van der Waals surface area contributed by atoms with Crippen LogP contribution in [-0.2, 0) is 28.9 Å². The first kappa shape index (κ1) is 19.8. The molecule has 6 nitrogen and oxygen atoms in total. The fraction of sp³-hybridized carbons (Fsp3) is 0.250. The van der Waals surface area contributed by atoms with Crippen LogP contribution < -0.4 is 0 Å². The fourth-order valence-electron chi connectivity index (χ4n) is 3.57. The Bertz CT molecular complexity index is 1070. The number of ketones is 1. The van der Waals surface area contributed by atoms with Crippen LogP contribution in [0.5, 0.6) is 0 Å². The first-order valence-electron chi connectivity index (χ1n) is 10.1. The lowest BCUT2D eigenvalue weighted by Crippen LogP contribution is -2.13. The molecule has 0 saturated carbocycles. The van der Waals surface area contributed by atoms with E-state index in [9.17, 15) is 9.59 Å². The Labute approximate surface area is 175 Å². The molecular weight excluding hydrogens is 378 g/mol. The smallest absolute Gasteiger partial charge is 0.331 e. The quantitative estimate of drug-likeness (QED) is 0.343. The molecule has 0 N–H and O–H groups in total. The molecule has 6 heteroatoms. The minimum atomic E-state index is -0.584. The number of nitrogens with zero attached hydrogens (tertiary/aromatic N) is 3. The van der Waals surface area contributed by atoms with Gasteiger partial charge in [-0.2, -0.15) is 0 Å². The number of ether oxygens (including phenoxy) is 1. The van der Waals surface area contributed by atoms with Crippen LogP contribution in [-0.4, -0.2) is 33.4 Å². The maximum absolute atomic E-state index is 12.4. The van der Waals surface area contributed by atoms with Gasteiger partial charge in [-0.15, -0.1) is 5.10 Å². The lowest BCUT2D eigenvalue weighted by atomic mass is 9.90. The number of carbonyl (C=O) groups is 2. The number of hydrogen-bond acceptors (Lipinski definition) is 5. The zero-order chi connectivity index (χ0) is 20.8. The number of hydrogen-bond donors (Lipinski definition) is 0. The Hall–Kier alpha value is -3.54. The first-order valence-corrected chi connectivity index (χ1v) is 10.1. The molecular formula is C24H23N3O3. The summed E-state index contributed by atoms with van der Waals surface area (Å²) in [5.74, 6) is -0.780. The number of carbonyl (C=O) groups excluding carboxylic acids is 2. The lowest BCUT2D eigenvalue weighted by molar-refractivity contribution is -0.136. The topological polar surface area (TPSA) is 74.1 Å². The van der Waals surface area contributed by atoms with Gasteiger partial charge >= 0.3 is 5.97 Å². The summed E-state index contributed by atoms with van der Waals surface area (Å²) in [7, 11) is 0. The second-order valence-electron chi connectivity index (χ2n) is 7.38. The maximum atomic E-state index is 12.4. The molecule has 1 aliphatic rings. The van der Waals surface area contributed by atoms with E-state index >= 15 is 0 Å². The molecule has 1 aromatic heterocycles. The number of esters is 1. The number of benzene rings is 2. The average Bonchev–Trinajstić information content (AvgIpc) is 3.23. The molecule has 0 atom stereocenters. The van der Waals surface area contributed by atoms with Crippen molar-refractivity contribution in [3.8, 4) is 0 Å². The van der Waals surface area contributed by atoms with E-state index in [2.05, 4.69) is 10.3 Å². The van der Waals surface area contributed by atoms with Crippen LogP contribution in [0.4, 0.5) is 0 Å². The average molecular weight is 401 g/mol. The van der Waals surface area contributed by atoms with E-state index in [1.54, 1.807) is 10.9 Å². The largest absolute Gasteiger partial charge is 0.454 e. The Balaban J connectivity index is 1.28. The number of Topliss-reactive ketones (excluding diaryl/α,β-unsaturated/α-hetero) is 1. The van der Waals surface area contributed by atoms with Gasteiger partial charge in [-0.25, -0.2) is 9.48 Å². The second-order valence-corrected chi connectivity index (χ2v) is 7.38. The van der Waals surface area contributed by atoms with Crippen molar-refractivity contribution in [1.29, 1.82) is 0 Å². The number of fused-ring (bicyclic) bond motifs is 1. The molecule has 0 amide bonds. The van der Waals surface area contributed by atoms with Gasteiger partial charge in [0.1, 0.15) is 5.69 Å². The fourth-order valence-corrected chi connectivity index (χ4v) is 3.57. The minimum Gasteiger partial charge on any atom is -0.454 e. The Morgan fingerprint density at radius 3 is 2.67 bits per heavy atom. The van der Waals surface area contributed by atoms with Gasteiger partial charge in [-0.05, 0) is 54.5 Å². The van der Waals surface area contributed by atoms with Gasteiger partial charge < -0.3 is 4.74 Å². The van der Waals surface area contributed by atoms with E-state index < -0.39 is 5.97 Å². The minimum absolute atomic E-state index is 0.195. The summed E-state index contributed by atoms with van der Waals surface area (Å²) in [5, 5.41) is 8.07. The van der Waals surface area contributed by atoms with Crippen molar-refractivity contribution in [1.82, 2.24) is 15.0 Å². The van der Waals surface area contributed by atoms with Gasteiger partial charge in [0.2, 0.25) is 0 Å². The third kappa shape index (κ3) is 5.08. The molecule has 0 spiro atoms. The third-order valence-electron chi connectivity index (χ3n) is 5.15. The van der Waals surface area contributed by atoms with Crippen molar-refractivity contribution < 1.29 is 14.3 Å². The molecule has 0 aliphatic heterocycles. The molecule has 3 aromatic rings. The van der Waals surface area contributed by atoms with Crippen LogP contribution in [0, 0.1) is 0 Å². The summed E-state index contributed by atoms with van der Waals surface area (Å²) in [5.41, 5.74) is 4.80. The summed E-state index contributed by atoms with van der Waals surface area (Å²) in [4.78, 5) is 24.3. The SMILES string of the molecule is O=C(/C=C/c1cn(Cc2ccccc2)nn1)OCC(=O)c1ccc2c(c1)CCCC2. The van der Waals surface area contributed by atoms with Crippen molar-refractivity contribution in [2.75, 3.05) is 6.61 Å². The summed E-state index contributed by atoms with van der Waals surface area (Å²) in [6, 6.07) is 15.7. The molecule has 0 unspecified atom stereocenters. The number of rotatable bonds is 7. The molecule has 4 rings (SSSR count). The molecule has 0 saturated heterocycles. The van der Waals surface area contributed by atoms with Crippen molar-refractivity contribution in [2.45, 2.75) is 32.2 Å². The van der Waals surface area contributed by atoms with Gasteiger partial charge in [0.15, 0.2) is 12.4 Å². The Morgan fingerprint density at radius 2 is 1.83 bits per heavy atom. The second kappa shape index (κ2) is 9.31. The Morgan fingerprint density at radius 1 is 1.03 bits per heavy atom. The van der Waals surface area contributed by atoms with Crippen molar-refractivity contribution in [3.05, 3.63) is 88.8 Å². The van der Waals surface area contributed by atoms with E-state index in [0.29, 0.717) is 17.8 Å². The van der Waals surface area contributed by atoms with Crippen LogP contribution in [0.15, 0.2) is 60.8 Å². The van der Waals surface area contributed by atoms with Crippen LogP contribution in [0.25, 0.3) is 6.08 Å². The van der Waals surface area contributed by atoms with E-state index in [1.807, 2.05) is 48.5 Å². The monoisotopic (exact) mass is 401 g/mol. The van der Waals surface area contributed by atoms with Crippen LogP contribution in [0.1, 0.15) is 45.6 Å². The Kier molecular flexibility index (Phi) is 6.13. The lowest BCUT2D eigenvalue weighted by Gasteiger charge is -2.16. The highest BCUT2D eigenvalue weighted by Crippen LogP contribution is 2.22. The maximum Gasteiger partial charge on any atom is 0.331 e. The van der Waals surface area contributed by atoms with Crippen LogP contribution in [0.2, 0.25) is 0 Å². The highest BCUT2D eigenvalue weighted by atomic mass is 16.5. The normalized spacial score (nSPS) is 13.2. The summed E-state index contributed by atoms with van der Waals surface area (Å²) in [6.45, 7) is 0.323. The van der Waals surface area contributed by atoms with Gasteiger partial charge in [0.05, 0.1) is 12.7 Å². The zero-order valence-corrected chi connectivity index (χ0v) is 16.7. The molecule has 0 fully saturated rings. The summed E-state index contributed by atoms with van der Waals surface area (Å²) in [6.07, 6.45) is 8.96. The molecule has 0 bridgehead atoms. The summed E-state index contributed by atoms with van der Waals surface area (Å²) >= 11 is 0.